The molecule has 0 aromatic heterocycles. The second kappa shape index (κ2) is 3.18. The largest absolute Gasteiger partial charge is 0.365 e. The first-order chi connectivity index (χ1) is 6.59. The number of nitrogens with zero attached hydrogens (tertiary/aromatic N) is 1. The minimum absolute atomic E-state index is 0.174. The molecule has 0 fully saturated rings. The van der Waals surface area contributed by atoms with Crippen molar-refractivity contribution < 1.29 is 14.4 Å². The summed E-state index contributed by atoms with van der Waals surface area (Å²) in [5, 5.41) is 3.24. The highest BCUT2D eigenvalue weighted by molar-refractivity contribution is 8.80. The van der Waals surface area contributed by atoms with E-state index in [1.165, 1.54) is 6.08 Å². The van der Waals surface area contributed by atoms with Gasteiger partial charge in [-0.05, 0) is 27.7 Å². The number of imide groups is 1. The Morgan fingerprint density at radius 1 is 1.29 bits per heavy atom. The highest BCUT2D eigenvalue weighted by Gasteiger charge is 2.35. The van der Waals surface area contributed by atoms with E-state index in [-0.39, 0.29) is 15.4 Å². The molecule has 2 N–H and O–H groups in total. The summed E-state index contributed by atoms with van der Waals surface area (Å²) in [5.41, 5.74) is 5.21. The van der Waals surface area contributed by atoms with Gasteiger partial charge in [0.1, 0.15) is 0 Å². The molecule has 3 amide bonds. The Balaban J connectivity index is 2.44. The number of hydrogen-bond donors (Lipinski definition) is 1. The lowest BCUT2D eigenvalue weighted by molar-refractivity contribution is -0.124. The van der Waals surface area contributed by atoms with Crippen LogP contribution in [0.5, 0.6) is 0 Å². The van der Waals surface area contributed by atoms with Crippen molar-refractivity contribution in [1.29, 1.82) is 0 Å². The van der Waals surface area contributed by atoms with Crippen molar-refractivity contribution in [3.63, 3.8) is 0 Å². The fourth-order valence-corrected chi connectivity index (χ4v) is 3.14. The van der Waals surface area contributed by atoms with Gasteiger partial charge in [-0.1, -0.05) is 0 Å². The number of carbonyl (C=O) groups is 3. The van der Waals surface area contributed by atoms with Gasteiger partial charge < -0.3 is 5.73 Å². The van der Waals surface area contributed by atoms with Crippen LogP contribution in [0.4, 0.5) is 0 Å². The molecular weight excluding hydrogens is 224 g/mol. The van der Waals surface area contributed by atoms with Crippen LogP contribution in [0.2, 0.25) is 0 Å². The summed E-state index contributed by atoms with van der Waals surface area (Å²) in [6.45, 7) is 0. The van der Waals surface area contributed by atoms with E-state index in [4.69, 9.17) is 5.73 Å². The van der Waals surface area contributed by atoms with Crippen LogP contribution in [-0.2, 0) is 14.4 Å². The molecule has 7 heteroatoms. The van der Waals surface area contributed by atoms with Crippen LogP contribution in [0.3, 0.4) is 0 Å². The second-order valence-electron chi connectivity index (χ2n) is 2.50. The average Bonchev–Trinajstić information content (AvgIpc) is 2.42. The van der Waals surface area contributed by atoms with Gasteiger partial charge in [0.05, 0.1) is 15.4 Å². The summed E-state index contributed by atoms with van der Waals surface area (Å²) in [5.74, 6) is -1.75. The SMILES string of the molecule is NC(=O)C1=CC2=C(SS1)C(=O)[N]C2=O. The van der Waals surface area contributed by atoms with E-state index in [0.29, 0.717) is 0 Å². The summed E-state index contributed by atoms with van der Waals surface area (Å²) < 4.78 is 0. The van der Waals surface area contributed by atoms with Crippen LogP contribution < -0.4 is 11.1 Å². The van der Waals surface area contributed by atoms with Gasteiger partial charge in [-0.3, -0.25) is 14.4 Å². The van der Waals surface area contributed by atoms with Crippen molar-refractivity contribution in [2.75, 3.05) is 0 Å². The van der Waals surface area contributed by atoms with Crippen molar-refractivity contribution in [1.82, 2.24) is 5.32 Å². The number of hydrogen-bond acceptors (Lipinski definition) is 5. The molecule has 0 saturated heterocycles. The summed E-state index contributed by atoms with van der Waals surface area (Å²) in [6.07, 6.45) is 1.32. The van der Waals surface area contributed by atoms with Crippen LogP contribution in [0, 0.1) is 0 Å². The highest BCUT2D eigenvalue weighted by Crippen LogP contribution is 2.44. The van der Waals surface area contributed by atoms with Gasteiger partial charge in [0.25, 0.3) is 17.7 Å². The minimum atomic E-state index is -0.610. The predicted molar refractivity (Wildman–Crippen MR) is 51.6 cm³/mol. The molecule has 1 radical (unpaired) electrons. The summed E-state index contributed by atoms with van der Waals surface area (Å²) >= 11 is 0. The van der Waals surface area contributed by atoms with Gasteiger partial charge in [0.15, 0.2) is 0 Å². The number of amides is 3. The summed E-state index contributed by atoms with van der Waals surface area (Å²) in [6, 6.07) is 0. The molecule has 14 heavy (non-hydrogen) atoms. The Bertz CT molecular complexity index is 425. The third-order valence-electron chi connectivity index (χ3n) is 1.61. The highest BCUT2D eigenvalue weighted by atomic mass is 33.1. The molecule has 0 saturated carbocycles. The molecule has 0 unspecified atom stereocenters. The topological polar surface area (TPSA) is 91.3 Å². The predicted octanol–water partition coefficient (Wildman–Crippen LogP) is -0.324. The van der Waals surface area contributed by atoms with Gasteiger partial charge in [0.2, 0.25) is 0 Å². The molecular formula is C7H3N2O3S2. The molecule has 0 aromatic rings. The van der Waals surface area contributed by atoms with Crippen molar-refractivity contribution >= 4 is 39.3 Å². The van der Waals surface area contributed by atoms with Crippen LogP contribution >= 0.6 is 21.6 Å². The standard InChI is InChI=1S/C7H3N2O3S2/c8-5(10)3-1-2-4(14-13-3)7(12)9-6(2)11/h1H,(H2,8,10). The molecule has 2 aliphatic rings. The van der Waals surface area contributed by atoms with E-state index in [0.717, 1.165) is 21.6 Å². The lowest BCUT2D eigenvalue weighted by atomic mass is 10.2. The van der Waals surface area contributed by atoms with Crippen molar-refractivity contribution in [3.8, 4) is 0 Å². The van der Waals surface area contributed by atoms with E-state index < -0.39 is 17.7 Å². The third-order valence-corrected chi connectivity index (χ3v) is 4.04. The number of carbonyl (C=O) groups excluding carboxylic acids is 3. The Morgan fingerprint density at radius 2 is 2.00 bits per heavy atom. The zero-order valence-corrected chi connectivity index (χ0v) is 8.28. The molecule has 0 aliphatic carbocycles. The van der Waals surface area contributed by atoms with Crippen LogP contribution in [0.1, 0.15) is 0 Å². The van der Waals surface area contributed by atoms with Gasteiger partial charge >= 0.3 is 0 Å². The maximum absolute atomic E-state index is 11.1. The van der Waals surface area contributed by atoms with Gasteiger partial charge in [-0.15, -0.1) is 0 Å². The maximum atomic E-state index is 11.1. The van der Waals surface area contributed by atoms with E-state index in [9.17, 15) is 14.4 Å². The Kier molecular flexibility index (Phi) is 2.12. The zero-order chi connectivity index (χ0) is 10.3. The zero-order valence-electron chi connectivity index (χ0n) is 6.64. The fourth-order valence-electron chi connectivity index (χ4n) is 0.977. The van der Waals surface area contributed by atoms with Crippen molar-refractivity contribution in [3.05, 3.63) is 21.5 Å². The quantitative estimate of drug-likeness (QED) is 0.489. The normalized spacial score (nSPS) is 20.4. The van der Waals surface area contributed by atoms with Gasteiger partial charge in [-0.2, -0.15) is 5.32 Å². The van der Waals surface area contributed by atoms with Crippen molar-refractivity contribution in [2.45, 2.75) is 0 Å². The molecule has 2 aliphatic heterocycles. The van der Waals surface area contributed by atoms with E-state index in [1.54, 1.807) is 0 Å². The first kappa shape index (κ1) is 9.35. The molecule has 5 nitrogen and oxygen atoms in total. The molecule has 0 aromatic carbocycles. The minimum Gasteiger partial charge on any atom is -0.365 e. The molecule has 2 rings (SSSR count). The van der Waals surface area contributed by atoms with Crippen LogP contribution in [-0.4, -0.2) is 17.7 Å². The first-order valence-electron chi connectivity index (χ1n) is 3.50. The Labute approximate surface area is 86.6 Å². The van der Waals surface area contributed by atoms with Crippen LogP contribution in [0.25, 0.3) is 0 Å². The summed E-state index contributed by atoms with van der Waals surface area (Å²) in [4.78, 5) is 33.5. The van der Waals surface area contributed by atoms with Gasteiger partial charge in [0, 0.05) is 0 Å². The lowest BCUT2D eigenvalue weighted by Crippen LogP contribution is -2.14. The molecule has 71 valence electrons. The lowest BCUT2D eigenvalue weighted by Gasteiger charge is -2.07. The van der Waals surface area contributed by atoms with Gasteiger partial charge in [-0.25, -0.2) is 0 Å². The Morgan fingerprint density at radius 3 is 2.64 bits per heavy atom. The van der Waals surface area contributed by atoms with Crippen LogP contribution in [0.15, 0.2) is 21.5 Å². The second-order valence-corrected chi connectivity index (χ2v) is 4.69. The smallest absolute Gasteiger partial charge is 0.288 e. The Hall–Kier alpha value is -1.21. The maximum Gasteiger partial charge on any atom is 0.288 e. The number of nitrogens with two attached hydrogens (primary N) is 1. The monoisotopic (exact) mass is 227 g/mol. The molecule has 0 atom stereocenters. The van der Waals surface area contributed by atoms with Crippen molar-refractivity contribution in [2.24, 2.45) is 5.73 Å². The first-order valence-corrected chi connectivity index (χ1v) is 5.65. The number of primary amides is 1. The average molecular weight is 227 g/mol. The molecule has 2 heterocycles. The molecule has 0 bridgehead atoms. The van der Waals surface area contributed by atoms with E-state index in [1.807, 2.05) is 0 Å². The third kappa shape index (κ3) is 1.34. The fraction of sp³-hybridized carbons (Fsp3) is 0. The van der Waals surface area contributed by atoms with E-state index in [2.05, 4.69) is 5.32 Å². The molecule has 0 spiro atoms. The summed E-state index contributed by atoms with van der Waals surface area (Å²) in [7, 11) is 2.11. The number of rotatable bonds is 1. The van der Waals surface area contributed by atoms with E-state index >= 15 is 0 Å².